The topological polar surface area (TPSA) is 21.7 Å². The van der Waals surface area contributed by atoms with E-state index in [0.29, 0.717) is 25.3 Å². The molecule has 0 amide bonds. The van der Waals surface area contributed by atoms with Gasteiger partial charge in [0, 0.05) is 30.8 Å². The SMILES string of the molecule is COc1cc(-c2ccccc2C)cc2c1OCCN(Cc1ccccc1F)C2. The first-order chi connectivity index (χ1) is 13.7. The molecule has 28 heavy (non-hydrogen) atoms. The van der Waals surface area contributed by atoms with Crippen LogP contribution in [0.5, 0.6) is 11.5 Å². The number of benzene rings is 3. The van der Waals surface area contributed by atoms with Crippen LogP contribution in [0.2, 0.25) is 0 Å². The molecule has 3 nitrogen and oxygen atoms in total. The average molecular weight is 377 g/mol. The average Bonchev–Trinajstić information content (AvgIpc) is 2.91. The molecular formula is C24H24FNO2. The van der Waals surface area contributed by atoms with Gasteiger partial charge in [-0.1, -0.05) is 42.5 Å². The minimum atomic E-state index is -0.167. The lowest BCUT2D eigenvalue weighted by Crippen LogP contribution is -2.25. The number of hydrogen-bond acceptors (Lipinski definition) is 3. The fourth-order valence-electron chi connectivity index (χ4n) is 3.74. The molecule has 0 aliphatic carbocycles. The highest BCUT2D eigenvalue weighted by atomic mass is 19.1. The normalized spacial score (nSPS) is 14.1. The molecule has 0 radical (unpaired) electrons. The van der Waals surface area contributed by atoms with E-state index in [-0.39, 0.29) is 5.82 Å². The first-order valence-corrected chi connectivity index (χ1v) is 9.51. The van der Waals surface area contributed by atoms with Crippen LogP contribution in [0.1, 0.15) is 16.7 Å². The van der Waals surface area contributed by atoms with Crippen LogP contribution < -0.4 is 9.47 Å². The maximum Gasteiger partial charge on any atom is 0.165 e. The van der Waals surface area contributed by atoms with Crippen molar-refractivity contribution in [3.05, 3.63) is 83.2 Å². The molecule has 3 aromatic rings. The minimum absolute atomic E-state index is 0.167. The minimum Gasteiger partial charge on any atom is -0.493 e. The van der Waals surface area contributed by atoms with Crippen molar-refractivity contribution in [2.24, 2.45) is 0 Å². The molecule has 144 valence electrons. The number of hydrogen-bond donors (Lipinski definition) is 0. The number of ether oxygens (including phenoxy) is 2. The summed E-state index contributed by atoms with van der Waals surface area (Å²) in [5.41, 5.74) is 5.25. The third kappa shape index (κ3) is 3.73. The van der Waals surface area contributed by atoms with Gasteiger partial charge in [0.1, 0.15) is 12.4 Å². The number of methoxy groups -OCH3 is 1. The number of nitrogens with zero attached hydrogens (tertiary/aromatic N) is 1. The van der Waals surface area contributed by atoms with Gasteiger partial charge in [0.2, 0.25) is 0 Å². The lowest BCUT2D eigenvalue weighted by molar-refractivity contribution is 0.215. The highest BCUT2D eigenvalue weighted by Gasteiger charge is 2.21. The van der Waals surface area contributed by atoms with Crippen LogP contribution in [-0.4, -0.2) is 25.2 Å². The second kappa shape index (κ2) is 8.03. The predicted molar refractivity (Wildman–Crippen MR) is 109 cm³/mol. The summed E-state index contributed by atoms with van der Waals surface area (Å²) in [6, 6.07) is 19.5. The quantitative estimate of drug-likeness (QED) is 0.623. The first-order valence-electron chi connectivity index (χ1n) is 9.51. The number of rotatable bonds is 4. The lowest BCUT2D eigenvalue weighted by atomic mass is 9.97. The zero-order chi connectivity index (χ0) is 19.5. The van der Waals surface area contributed by atoms with Crippen LogP contribution in [0, 0.1) is 12.7 Å². The Morgan fingerprint density at radius 2 is 1.86 bits per heavy atom. The molecule has 0 atom stereocenters. The van der Waals surface area contributed by atoms with Crippen LogP contribution >= 0.6 is 0 Å². The van der Waals surface area contributed by atoms with Crippen LogP contribution in [0.15, 0.2) is 60.7 Å². The van der Waals surface area contributed by atoms with Crippen molar-refractivity contribution >= 4 is 0 Å². The van der Waals surface area contributed by atoms with Crippen molar-refractivity contribution in [3.8, 4) is 22.6 Å². The monoisotopic (exact) mass is 377 g/mol. The highest BCUT2D eigenvalue weighted by molar-refractivity contribution is 5.71. The van der Waals surface area contributed by atoms with Gasteiger partial charge < -0.3 is 9.47 Å². The molecule has 4 heteroatoms. The molecule has 0 spiro atoms. The van der Waals surface area contributed by atoms with E-state index in [2.05, 4.69) is 30.0 Å². The highest BCUT2D eigenvalue weighted by Crippen LogP contribution is 2.39. The van der Waals surface area contributed by atoms with E-state index in [1.165, 1.54) is 17.2 Å². The Hall–Kier alpha value is -2.85. The van der Waals surface area contributed by atoms with Crippen molar-refractivity contribution in [2.75, 3.05) is 20.3 Å². The van der Waals surface area contributed by atoms with E-state index in [9.17, 15) is 4.39 Å². The van der Waals surface area contributed by atoms with Gasteiger partial charge in [-0.15, -0.1) is 0 Å². The summed E-state index contributed by atoms with van der Waals surface area (Å²) in [6.45, 7) is 4.61. The Balaban J connectivity index is 1.70. The number of fused-ring (bicyclic) bond motifs is 1. The van der Waals surface area contributed by atoms with Gasteiger partial charge in [-0.25, -0.2) is 4.39 Å². The van der Waals surface area contributed by atoms with Crippen molar-refractivity contribution < 1.29 is 13.9 Å². The molecule has 0 bridgehead atoms. The van der Waals surface area contributed by atoms with Crippen LogP contribution in [-0.2, 0) is 13.1 Å². The Kier molecular flexibility index (Phi) is 5.31. The fraction of sp³-hybridized carbons (Fsp3) is 0.250. The summed E-state index contributed by atoms with van der Waals surface area (Å²) in [4.78, 5) is 2.21. The van der Waals surface area contributed by atoms with E-state index in [0.717, 1.165) is 29.2 Å². The lowest BCUT2D eigenvalue weighted by Gasteiger charge is -2.20. The van der Waals surface area contributed by atoms with E-state index < -0.39 is 0 Å². The molecule has 4 rings (SSSR count). The molecule has 1 aliphatic heterocycles. The Labute approximate surface area is 165 Å². The molecule has 0 aromatic heterocycles. The molecule has 1 aliphatic rings. The molecule has 0 N–H and O–H groups in total. The van der Waals surface area contributed by atoms with Crippen molar-refractivity contribution in [3.63, 3.8) is 0 Å². The molecule has 1 heterocycles. The summed E-state index contributed by atoms with van der Waals surface area (Å²) in [6.07, 6.45) is 0. The largest absolute Gasteiger partial charge is 0.493 e. The molecule has 0 saturated carbocycles. The van der Waals surface area contributed by atoms with Crippen LogP contribution in [0.3, 0.4) is 0 Å². The van der Waals surface area contributed by atoms with Gasteiger partial charge in [-0.05, 0) is 41.8 Å². The van der Waals surface area contributed by atoms with Gasteiger partial charge >= 0.3 is 0 Å². The van der Waals surface area contributed by atoms with E-state index in [1.54, 1.807) is 13.2 Å². The predicted octanol–water partition coefficient (Wildman–Crippen LogP) is 5.20. The van der Waals surface area contributed by atoms with Gasteiger partial charge in [-0.3, -0.25) is 4.90 Å². The Morgan fingerprint density at radius 3 is 2.64 bits per heavy atom. The summed E-state index contributed by atoms with van der Waals surface area (Å²) < 4.78 is 25.8. The number of aryl methyl sites for hydroxylation is 1. The van der Waals surface area contributed by atoms with Gasteiger partial charge in [-0.2, -0.15) is 0 Å². The summed E-state index contributed by atoms with van der Waals surface area (Å²) in [7, 11) is 1.67. The van der Waals surface area contributed by atoms with Gasteiger partial charge in [0.05, 0.1) is 7.11 Å². The van der Waals surface area contributed by atoms with Gasteiger partial charge in [0.15, 0.2) is 11.5 Å². The summed E-state index contributed by atoms with van der Waals surface area (Å²) >= 11 is 0. The van der Waals surface area contributed by atoms with E-state index in [4.69, 9.17) is 9.47 Å². The Morgan fingerprint density at radius 1 is 1.07 bits per heavy atom. The van der Waals surface area contributed by atoms with Crippen molar-refractivity contribution in [1.82, 2.24) is 4.90 Å². The van der Waals surface area contributed by atoms with Gasteiger partial charge in [0.25, 0.3) is 0 Å². The van der Waals surface area contributed by atoms with Crippen molar-refractivity contribution in [2.45, 2.75) is 20.0 Å². The van der Waals surface area contributed by atoms with E-state index >= 15 is 0 Å². The molecule has 3 aromatic carbocycles. The maximum atomic E-state index is 14.1. The fourth-order valence-corrected chi connectivity index (χ4v) is 3.74. The molecule has 0 fully saturated rings. The second-order valence-electron chi connectivity index (χ2n) is 7.13. The molecule has 0 unspecified atom stereocenters. The zero-order valence-electron chi connectivity index (χ0n) is 16.2. The number of halogens is 1. The summed E-state index contributed by atoms with van der Waals surface area (Å²) in [5.74, 6) is 1.36. The molecular weight excluding hydrogens is 353 g/mol. The molecule has 0 saturated heterocycles. The maximum absolute atomic E-state index is 14.1. The van der Waals surface area contributed by atoms with E-state index in [1.807, 2.05) is 30.3 Å². The summed E-state index contributed by atoms with van der Waals surface area (Å²) in [5, 5.41) is 0. The Bertz CT molecular complexity index is 986. The standard InChI is InChI=1S/C24H24FNO2/c1-17-7-3-5-9-21(17)19-13-20-16-26(15-18-8-4-6-10-22(18)25)11-12-28-24(20)23(14-19)27-2/h3-10,13-14H,11-12,15-16H2,1-2H3. The second-order valence-corrected chi connectivity index (χ2v) is 7.13. The van der Waals surface area contributed by atoms with Crippen LogP contribution in [0.4, 0.5) is 4.39 Å². The zero-order valence-corrected chi connectivity index (χ0v) is 16.2. The van der Waals surface area contributed by atoms with Crippen molar-refractivity contribution in [1.29, 1.82) is 0 Å². The first kappa shape index (κ1) is 18.5. The van der Waals surface area contributed by atoms with Crippen LogP contribution in [0.25, 0.3) is 11.1 Å². The smallest absolute Gasteiger partial charge is 0.165 e. The third-order valence-electron chi connectivity index (χ3n) is 5.21. The third-order valence-corrected chi connectivity index (χ3v) is 5.21.